The molecule has 0 aliphatic carbocycles. The third kappa shape index (κ3) is 4.98. The van der Waals surface area contributed by atoms with Crippen LogP contribution in [0, 0.1) is 11.6 Å². The molecule has 0 saturated carbocycles. The fraction of sp³-hybridized carbons (Fsp3) is 0.364. The first-order chi connectivity index (χ1) is 15.8. The van der Waals surface area contributed by atoms with Crippen LogP contribution < -0.4 is 9.62 Å². The number of ketones is 1. The van der Waals surface area contributed by atoms with Crippen molar-refractivity contribution in [3.8, 4) is 0 Å². The second-order valence-corrected chi connectivity index (χ2v) is 9.66. The molecule has 1 fully saturated rings. The van der Waals surface area contributed by atoms with Crippen LogP contribution >= 0.6 is 0 Å². The summed E-state index contributed by atoms with van der Waals surface area (Å²) in [5.74, 6) is -3.32. The fourth-order valence-corrected chi connectivity index (χ4v) is 4.98. The summed E-state index contributed by atoms with van der Waals surface area (Å²) in [4.78, 5) is 22.4. The van der Waals surface area contributed by atoms with Crippen LogP contribution in [0.5, 0.6) is 0 Å². The van der Waals surface area contributed by atoms with E-state index in [0.29, 0.717) is 43.9 Å². The Morgan fingerprint density at radius 3 is 2.76 bits per heavy atom. The van der Waals surface area contributed by atoms with E-state index in [-0.39, 0.29) is 12.2 Å². The van der Waals surface area contributed by atoms with Crippen LogP contribution in [0.1, 0.15) is 29.3 Å². The molecule has 0 spiro atoms. The van der Waals surface area contributed by atoms with Crippen molar-refractivity contribution in [1.82, 2.24) is 9.97 Å². The van der Waals surface area contributed by atoms with Crippen LogP contribution in [0.2, 0.25) is 0 Å². The van der Waals surface area contributed by atoms with Crippen LogP contribution in [-0.4, -0.2) is 56.2 Å². The Morgan fingerprint density at radius 1 is 1.27 bits per heavy atom. The number of sulfonamides is 1. The molecule has 176 valence electrons. The number of carbonyl (C=O) groups is 1. The molecule has 3 heterocycles. The first kappa shape index (κ1) is 23.1. The monoisotopic (exact) mass is 478 g/mol. The Balaban J connectivity index is 1.61. The van der Waals surface area contributed by atoms with Gasteiger partial charge in [-0.3, -0.25) is 9.52 Å². The number of nitrogens with one attached hydrogen (secondary N) is 2. The molecule has 0 amide bonds. The van der Waals surface area contributed by atoms with E-state index in [4.69, 9.17) is 4.74 Å². The van der Waals surface area contributed by atoms with Gasteiger partial charge < -0.3 is 14.6 Å². The Labute approximate surface area is 190 Å². The number of pyridine rings is 1. The van der Waals surface area contributed by atoms with Gasteiger partial charge in [-0.05, 0) is 30.2 Å². The van der Waals surface area contributed by atoms with Crippen molar-refractivity contribution in [2.75, 3.05) is 41.7 Å². The van der Waals surface area contributed by atoms with Crippen LogP contribution in [-0.2, 0) is 21.2 Å². The zero-order chi connectivity index (χ0) is 23.6. The molecule has 33 heavy (non-hydrogen) atoms. The van der Waals surface area contributed by atoms with Gasteiger partial charge in [-0.2, -0.15) is 0 Å². The van der Waals surface area contributed by atoms with Gasteiger partial charge in [0, 0.05) is 37.3 Å². The Bertz CT molecular complexity index is 1290. The van der Waals surface area contributed by atoms with E-state index in [1.165, 1.54) is 6.20 Å². The average Bonchev–Trinajstić information content (AvgIpc) is 3.19. The molecule has 11 heteroatoms. The van der Waals surface area contributed by atoms with Gasteiger partial charge in [0.05, 0.1) is 35.9 Å². The van der Waals surface area contributed by atoms with Crippen molar-refractivity contribution < 1.29 is 26.7 Å². The minimum absolute atomic E-state index is 0.221. The number of carbonyl (C=O) groups excluding carboxylic acids is 1. The van der Waals surface area contributed by atoms with Crippen molar-refractivity contribution in [3.63, 3.8) is 0 Å². The van der Waals surface area contributed by atoms with E-state index in [2.05, 4.69) is 19.6 Å². The van der Waals surface area contributed by atoms with Gasteiger partial charge in [0.15, 0.2) is 11.6 Å². The highest BCUT2D eigenvalue weighted by Gasteiger charge is 2.23. The SMILES string of the molecule is CCCS(=O)(=O)Nc1ccc(F)c(C(=O)Cc2cnc3[nH]cc(N4CCOCC4)c3c2)c1F. The lowest BCUT2D eigenvalue weighted by molar-refractivity contribution is 0.0985. The molecule has 4 rings (SSSR count). The lowest BCUT2D eigenvalue weighted by atomic mass is 10.0. The number of rotatable bonds is 8. The molecule has 0 atom stereocenters. The van der Waals surface area contributed by atoms with Crippen molar-refractivity contribution in [1.29, 1.82) is 0 Å². The molecule has 0 radical (unpaired) electrons. The van der Waals surface area contributed by atoms with Gasteiger partial charge in [-0.1, -0.05) is 6.92 Å². The van der Waals surface area contributed by atoms with E-state index in [1.54, 1.807) is 13.0 Å². The molecule has 1 aromatic carbocycles. The van der Waals surface area contributed by atoms with E-state index >= 15 is 0 Å². The molecule has 2 N–H and O–H groups in total. The number of aromatic amines is 1. The van der Waals surface area contributed by atoms with Gasteiger partial charge in [0.25, 0.3) is 0 Å². The maximum Gasteiger partial charge on any atom is 0.232 e. The van der Waals surface area contributed by atoms with Gasteiger partial charge >= 0.3 is 0 Å². The third-order valence-electron chi connectivity index (χ3n) is 5.39. The number of nitrogens with zero attached hydrogens (tertiary/aromatic N) is 2. The van der Waals surface area contributed by atoms with E-state index < -0.39 is 38.7 Å². The Kier molecular flexibility index (Phi) is 6.61. The quantitative estimate of drug-likeness (QED) is 0.482. The van der Waals surface area contributed by atoms with Gasteiger partial charge in [-0.15, -0.1) is 0 Å². The van der Waals surface area contributed by atoms with Crippen molar-refractivity contribution in [2.24, 2.45) is 0 Å². The highest BCUT2D eigenvalue weighted by atomic mass is 32.2. The predicted octanol–water partition coefficient (Wildman–Crippen LogP) is 3.25. The first-order valence-electron chi connectivity index (χ1n) is 10.6. The molecule has 3 aromatic rings. The van der Waals surface area contributed by atoms with Crippen LogP contribution in [0.4, 0.5) is 20.2 Å². The number of Topliss-reactive ketones (excluding diaryl/α,β-unsaturated/α-hetero) is 1. The first-order valence-corrected chi connectivity index (χ1v) is 12.2. The number of anilines is 2. The second-order valence-electron chi connectivity index (χ2n) is 7.82. The number of aromatic nitrogens is 2. The maximum atomic E-state index is 14.9. The number of H-pyrrole nitrogens is 1. The van der Waals surface area contributed by atoms with Crippen LogP contribution in [0.3, 0.4) is 0 Å². The zero-order valence-corrected chi connectivity index (χ0v) is 18.8. The second kappa shape index (κ2) is 9.44. The third-order valence-corrected chi connectivity index (χ3v) is 6.87. The summed E-state index contributed by atoms with van der Waals surface area (Å²) in [6.07, 6.45) is 3.34. The topological polar surface area (TPSA) is 104 Å². The number of halogens is 2. The summed E-state index contributed by atoms with van der Waals surface area (Å²) in [5, 5.41) is 0.796. The summed E-state index contributed by atoms with van der Waals surface area (Å²) in [6.45, 7) is 4.31. The number of fused-ring (bicyclic) bond motifs is 1. The molecule has 8 nitrogen and oxygen atoms in total. The molecule has 0 bridgehead atoms. The molecule has 0 unspecified atom stereocenters. The lowest BCUT2D eigenvalue weighted by Gasteiger charge is -2.28. The lowest BCUT2D eigenvalue weighted by Crippen LogP contribution is -2.36. The molecule has 2 aromatic heterocycles. The minimum Gasteiger partial charge on any atom is -0.378 e. The normalized spacial score (nSPS) is 14.6. The number of hydrogen-bond acceptors (Lipinski definition) is 6. The van der Waals surface area contributed by atoms with Crippen molar-refractivity contribution in [3.05, 3.63) is 53.4 Å². The standard InChI is InChI=1S/C22H24F2N4O4S/c1-2-9-33(30,31)27-17-4-3-16(23)20(21(17)24)19(29)11-14-10-15-18(13-26-22(15)25-12-14)28-5-7-32-8-6-28/h3-4,10,12-13,27H,2,5-9,11H2,1H3,(H,25,26). The number of ether oxygens (including phenoxy) is 1. The smallest absolute Gasteiger partial charge is 0.232 e. The van der Waals surface area contributed by atoms with E-state index in [0.717, 1.165) is 23.2 Å². The largest absolute Gasteiger partial charge is 0.378 e. The predicted molar refractivity (Wildman–Crippen MR) is 121 cm³/mol. The number of hydrogen-bond donors (Lipinski definition) is 2. The summed E-state index contributed by atoms with van der Waals surface area (Å²) in [5.41, 5.74) is 0.797. The highest BCUT2D eigenvalue weighted by molar-refractivity contribution is 7.92. The summed E-state index contributed by atoms with van der Waals surface area (Å²) in [7, 11) is -3.81. The van der Waals surface area contributed by atoms with Crippen molar-refractivity contribution in [2.45, 2.75) is 19.8 Å². The molecule has 1 saturated heterocycles. The maximum absolute atomic E-state index is 14.9. The molecular weight excluding hydrogens is 454 g/mol. The van der Waals surface area contributed by atoms with Crippen LogP contribution in [0.25, 0.3) is 11.0 Å². The minimum atomic E-state index is -3.81. The Morgan fingerprint density at radius 2 is 2.03 bits per heavy atom. The Hall–Kier alpha value is -3.05. The van der Waals surface area contributed by atoms with Crippen LogP contribution in [0.15, 0.2) is 30.6 Å². The van der Waals surface area contributed by atoms with Gasteiger partial charge in [-0.25, -0.2) is 22.2 Å². The molecular formula is C22H24F2N4O4S. The molecule has 1 aliphatic rings. The van der Waals surface area contributed by atoms with Gasteiger partial charge in [0.2, 0.25) is 10.0 Å². The summed E-state index contributed by atoms with van der Waals surface area (Å²) < 4.78 is 60.8. The average molecular weight is 479 g/mol. The van der Waals surface area contributed by atoms with E-state index in [9.17, 15) is 22.0 Å². The van der Waals surface area contributed by atoms with Crippen molar-refractivity contribution >= 4 is 38.2 Å². The molecule has 1 aliphatic heterocycles. The summed E-state index contributed by atoms with van der Waals surface area (Å²) >= 11 is 0. The zero-order valence-electron chi connectivity index (χ0n) is 18.0. The number of benzene rings is 1. The van der Waals surface area contributed by atoms with Gasteiger partial charge in [0.1, 0.15) is 11.5 Å². The summed E-state index contributed by atoms with van der Waals surface area (Å²) in [6, 6.07) is 3.62. The fourth-order valence-electron chi connectivity index (χ4n) is 3.84. The highest BCUT2D eigenvalue weighted by Crippen LogP contribution is 2.28. The number of morpholine rings is 1. The van der Waals surface area contributed by atoms with E-state index in [1.807, 2.05) is 6.20 Å².